The Morgan fingerprint density at radius 1 is 1.00 bits per heavy atom. The van der Waals surface area contributed by atoms with E-state index in [1.165, 1.54) is 35.6 Å². The molecule has 1 aliphatic rings. The molecule has 106 valence electrons. The summed E-state index contributed by atoms with van der Waals surface area (Å²) in [6.07, 6.45) is 3.96. The van der Waals surface area contributed by atoms with E-state index >= 15 is 0 Å². The van der Waals surface area contributed by atoms with E-state index in [1.807, 2.05) is 0 Å². The lowest BCUT2D eigenvalue weighted by Crippen LogP contribution is -2.23. The molecule has 0 aliphatic heterocycles. The summed E-state index contributed by atoms with van der Waals surface area (Å²) in [4.78, 5) is 0. The van der Waals surface area contributed by atoms with Crippen LogP contribution < -0.4 is 10.6 Å². The Hall–Kier alpha value is -0.900. The van der Waals surface area contributed by atoms with Crippen LogP contribution in [0.4, 0.5) is 0 Å². The number of hydrogen-bond donors (Lipinski definition) is 2. The number of benzene rings is 2. The summed E-state index contributed by atoms with van der Waals surface area (Å²) in [5, 5.41) is 9.66. The lowest BCUT2D eigenvalue weighted by molar-refractivity contribution is 0.593. The first-order valence-corrected chi connectivity index (χ1v) is 8.23. The van der Waals surface area contributed by atoms with E-state index in [0.29, 0.717) is 0 Å². The monoisotopic (exact) mass is 332 g/mol. The zero-order valence-corrected chi connectivity index (χ0v) is 13.2. The summed E-state index contributed by atoms with van der Waals surface area (Å²) in [6.45, 7) is 3.18. The molecule has 0 spiro atoms. The van der Waals surface area contributed by atoms with Gasteiger partial charge in [0, 0.05) is 17.1 Å². The average molecular weight is 333 g/mol. The van der Waals surface area contributed by atoms with Gasteiger partial charge >= 0.3 is 0 Å². The van der Waals surface area contributed by atoms with Crippen molar-refractivity contribution in [3.63, 3.8) is 0 Å². The Morgan fingerprint density at radius 2 is 1.80 bits per heavy atom. The summed E-state index contributed by atoms with van der Waals surface area (Å²) in [5.41, 5.74) is 1.36. The van der Waals surface area contributed by atoms with E-state index < -0.39 is 0 Å². The second kappa shape index (κ2) is 6.70. The zero-order valence-electron chi connectivity index (χ0n) is 11.7. The third-order valence-electron chi connectivity index (χ3n) is 3.74. The van der Waals surface area contributed by atoms with Crippen molar-refractivity contribution in [2.24, 2.45) is 0 Å². The smallest absolute Gasteiger partial charge is 0.0205 e. The van der Waals surface area contributed by atoms with Crippen LogP contribution in [0.2, 0.25) is 0 Å². The van der Waals surface area contributed by atoms with Crippen LogP contribution >= 0.6 is 15.9 Å². The molecule has 2 aromatic rings. The van der Waals surface area contributed by atoms with E-state index in [9.17, 15) is 0 Å². The minimum Gasteiger partial charge on any atom is -0.314 e. The molecule has 3 heteroatoms. The highest BCUT2D eigenvalue weighted by Crippen LogP contribution is 2.21. The van der Waals surface area contributed by atoms with Crippen molar-refractivity contribution in [2.75, 3.05) is 13.1 Å². The number of fused-ring (bicyclic) bond motifs is 1. The molecule has 2 nitrogen and oxygen atoms in total. The third-order valence-corrected chi connectivity index (χ3v) is 4.23. The number of halogens is 1. The second-order valence-corrected chi connectivity index (χ2v) is 6.50. The molecular formula is C17H21BrN2. The molecule has 1 aliphatic carbocycles. The van der Waals surface area contributed by atoms with Gasteiger partial charge in [0.2, 0.25) is 0 Å². The summed E-state index contributed by atoms with van der Waals surface area (Å²) in [6, 6.07) is 13.9. The maximum absolute atomic E-state index is 3.54. The van der Waals surface area contributed by atoms with Crippen LogP contribution in [0.3, 0.4) is 0 Å². The van der Waals surface area contributed by atoms with Gasteiger partial charge in [-0.25, -0.2) is 0 Å². The molecular weight excluding hydrogens is 312 g/mol. The highest BCUT2D eigenvalue weighted by atomic mass is 79.9. The standard InChI is InChI=1S/C17H21BrN2/c18-16-5-4-14-10-13(2-3-15(14)11-16)12-19-8-1-9-20-17-6-7-17/h2-5,10-11,17,19-20H,1,6-9,12H2. The van der Waals surface area contributed by atoms with Crippen LogP contribution in [-0.4, -0.2) is 19.1 Å². The Morgan fingerprint density at radius 3 is 2.65 bits per heavy atom. The molecule has 2 aromatic carbocycles. The van der Waals surface area contributed by atoms with Gasteiger partial charge in [-0.3, -0.25) is 0 Å². The van der Waals surface area contributed by atoms with E-state index in [-0.39, 0.29) is 0 Å². The van der Waals surface area contributed by atoms with E-state index in [1.54, 1.807) is 0 Å². The van der Waals surface area contributed by atoms with Crippen LogP contribution in [0, 0.1) is 0 Å². The van der Waals surface area contributed by atoms with Crippen molar-refractivity contribution < 1.29 is 0 Å². The fourth-order valence-electron chi connectivity index (χ4n) is 2.42. The molecule has 20 heavy (non-hydrogen) atoms. The predicted molar refractivity (Wildman–Crippen MR) is 89.0 cm³/mol. The Bertz CT molecular complexity index is 578. The van der Waals surface area contributed by atoms with Crippen molar-refractivity contribution in [3.8, 4) is 0 Å². The van der Waals surface area contributed by atoms with Crippen molar-refractivity contribution in [3.05, 3.63) is 46.4 Å². The van der Waals surface area contributed by atoms with Crippen molar-refractivity contribution in [1.82, 2.24) is 10.6 Å². The zero-order chi connectivity index (χ0) is 13.8. The fourth-order valence-corrected chi connectivity index (χ4v) is 2.79. The van der Waals surface area contributed by atoms with Gasteiger partial charge in [0.25, 0.3) is 0 Å². The maximum atomic E-state index is 3.54. The van der Waals surface area contributed by atoms with Crippen LogP contribution in [0.15, 0.2) is 40.9 Å². The normalized spacial score (nSPS) is 14.8. The van der Waals surface area contributed by atoms with Gasteiger partial charge in [-0.2, -0.15) is 0 Å². The van der Waals surface area contributed by atoms with Crippen molar-refractivity contribution in [1.29, 1.82) is 0 Å². The Kier molecular flexibility index (Phi) is 4.71. The average Bonchev–Trinajstić information content (AvgIpc) is 3.27. The first-order chi connectivity index (χ1) is 9.81. The van der Waals surface area contributed by atoms with E-state index in [4.69, 9.17) is 0 Å². The van der Waals surface area contributed by atoms with Gasteiger partial charge in [0.1, 0.15) is 0 Å². The predicted octanol–water partition coefficient (Wildman–Crippen LogP) is 3.83. The quantitative estimate of drug-likeness (QED) is 0.753. The van der Waals surface area contributed by atoms with Gasteiger partial charge in [-0.05, 0) is 66.9 Å². The number of nitrogens with one attached hydrogen (secondary N) is 2. The molecule has 0 bridgehead atoms. The molecule has 2 N–H and O–H groups in total. The summed E-state index contributed by atoms with van der Waals surface area (Å²) < 4.78 is 1.14. The van der Waals surface area contributed by atoms with E-state index in [2.05, 4.69) is 63.0 Å². The minimum atomic E-state index is 0.829. The van der Waals surface area contributed by atoms with Gasteiger partial charge in [0.15, 0.2) is 0 Å². The van der Waals surface area contributed by atoms with Crippen molar-refractivity contribution >= 4 is 26.7 Å². The maximum Gasteiger partial charge on any atom is 0.0205 e. The first kappa shape index (κ1) is 14.1. The molecule has 1 fully saturated rings. The highest BCUT2D eigenvalue weighted by Gasteiger charge is 2.19. The summed E-state index contributed by atoms with van der Waals surface area (Å²) in [5.74, 6) is 0. The van der Waals surface area contributed by atoms with Crippen molar-refractivity contribution in [2.45, 2.75) is 31.8 Å². The molecule has 0 heterocycles. The molecule has 3 rings (SSSR count). The molecule has 0 atom stereocenters. The van der Waals surface area contributed by atoms with Gasteiger partial charge in [0.05, 0.1) is 0 Å². The second-order valence-electron chi connectivity index (χ2n) is 5.58. The van der Waals surface area contributed by atoms with E-state index in [0.717, 1.165) is 30.1 Å². The lowest BCUT2D eigenvalue weighted by Gasteiger charge is -2.07. The fraction of sp³-hybridized carbons (Fsp3) is 0.412. The number of hydrogen-bond acceptors (Lipinski definition) is 2. The lowest BCUT2D eigenvalue weighted by atomic mass is 10.1. The minimum absolute atomic E-state index is 0.829. The van der Waals surface area contributed by atoms with Crippen LogP contribution in [-0.2, 0) is 6.54 Å². The SMILES string of the molecule is Brc1ccc2cc(CNCCCNC3CC3)ccc2c1. The first-order valence-electron chi connectivity index (χ1n) is 7.43. The molecule has 0 amide bonds. The summed E-state index contributed by atoms with van der Waals surface area (Å²) in [7, 11) is 0. The van der Waals surface area contributed by atoms with Gasteiger partial charge in [-0.15, -0.1) is 0 Å². The topological polar surface area (TPSA) is 24.1 Å². The molecule has 0 saturated heterocycles. The molecule has 1 saturated carbocycles. The van der Waals surface area contributed by atoms with Gasteiger partial charge in [-0.1, -0.05) is 34.1 Å². The highest BCUT2D eigenvalue weighted by molar-refractivity contribution is 9.10. The van der Waals surface area contributed by atoms with Gasteiger partial charge < -0.3 is 10.6 Å². The molecule has 0 aromatic heterocycles. The Labute approximate surface area is 129 Å². The molecule has 0 unspecified atom stereocenters. The van der Waals surface area contributed by atoms with Crippen LogP contribution in [0.1, 0.15) is 24.8 Å². The van der Waals surface area contributed by atoms with Crippen LogP contribution in [0.25, 0.3) is 10.8 Å². The number of rotatable bonds is 7. The largest absolute Gasteiger partial charge is 0.314 e. The third kappa shape index (κ3) is 4.05. The summed E-state index contributed by atoms with van der Waals surface area (Å²) >= 11 is 3.51. The molecule has 0 radical (unpaired) electrons. The Balaban J connectivity index is 1.45. The van der Waals surface area contributed by atoms with Crippen LogP contribution in [0.5, 0.6) is 0 Å².